The first-order chi connectivity index (χ1) is 6.61. The van der Waals surface area contributed by atoms with Crippen molar-refractivity contribution in [2.24, 2.45) is 0 Å². The number of nitro benzene ring substituents is 2. The Balaban J connectivity index is 0.000000791. The lowest BCUT2D eigenvalue weighted by atomic mass is 10.3. The number of non-ortho nitro benzene ring substituents is 2. The molecule has 14 heavy (non-hydrogen) atoms. The van der Waals surface area contributed by atoms with Gasteiger partial charge in [0.1, 0.15) is 0 Å². The maximum atomic E-state index is 10.1. The summed E-state index contributed by atoms with van der Waals surface area (Å²) in [6.07, 6.45) is 0. The van der Waals surface area contributed by atoms with E-state index in [9.17, 15) is 20.2 Å². The van der Waals surface area contributed by atoms with E-state index < -0.39 is 9.85 Å². The largest absolute Gasteiger partial charge is 0.269 e. The van der Waals surface area contributed by atoms with Crippen molar-refractivity contribution in [3.05, 3.63) is 44.5 Å². The molecule has 0 atom stereocenters. The van der Waals surface area contributed by atoms with Crippen LogP contribution in [0.2, 0.25) is 0 Å². The molecule has 0 fully saturated rings. The van der Waals surface area contributed by atoms with Crippen LogP contribution < -0.4 is 0 Å². The molecular formula is C7H5N3O4. The van der Waals surface area contributed by atoms with Gasteiger partial charge in [-0.3, -0.25) is 20.2 Å². The van der Waals surface area contributed by atoms with Gasteiger partial charge in [-0.25, -0.2) is 5.26 Å². The van der Waals surface area contributed by atoms with E-state index in [2.05, 4.69) is 6.57 Å². The van der Waals surface area contributed by atoms with E-state index >= 15 is 0 Å². The Morgan fingerprint density at radius 1 is 0.929 bits per heavy atom. The molecule has 72 valence electrons. The predicted octanol–water partition coefficient (Wildman–Crippen LogP) is 1.64. The average molecular weight is 195 g/mol. The van der Waals surface area contributed by atoms with Gasteiger partial charge in [0.2, 0.25) is 0 Å². The smallest absolute Gasteiger partial charge is 0.258 e. The minimum Gasteiger partial charge on any atom is -0.258 e. The Morgan fingerprint density at radius 3 is 1.29 bits per heavy atom. The van der Waals surface area contributed by atoms with Gasteiger partial charge in [0.05, 0.1) is 9.85 Å². The quantitative estimate of drug-likeness (QED) is 0.526. The summed E-state index contributed by atoms with van der Waals surface area (Å²) in [6, 6.07) is 4.38. The van der Waals surface area contributed by atoms with E-state index in [0.717, 1.165) is 24.3 Å². The molecule has 0 bridgehead atoms. The molecule has 1 rings (SSSR count). The number of hydrogen-bond donors (Lipinski definition) is 0. The van der Waals surface area contributed by atoms with Crippen molar-refractivity contribution in [3.63, 3.8) is 0 Å². The summed E-state index contributed by atoms with van der Waals surface area (Å²) in [4.78, 5) is 19.0. The molecule has 0 radical (unpaired) electrons. The van der Waals surface area contributed by atoms with Gasteiger partial charge in [-0.15, -0.1) is 0 Å². The summed E-state index contributed by atoms with van der Waals surface area (Å²) < 4.78 is 0. The first-order valence-electron chi connectivity index (χ1n) is 3.26. The van der Waals surface area contributed by atoms with Crippen molar-refractivity contribution in [2.45, 2.75) is 0 Å². The van der Waals surface area contributed by atoms with Crippen LogP contribution in [0.3, 0.4) is 0 Å². The van der Waals surface area contributed by atoms with Crippen LogP contribution in [0.25, 0.3) is 0 Å². The van der Waals surface area contributed by atoms with E-state index in [4.69, 9.17) is 5.26 Å². The zero-order chi connectivity index (χ0) is 11.1. The number of nitro groups is 2. The molecule has 7 nitrogen and oxygen atoms in total. The summed E-state index contributed by atoms with van der Waals surface area (Å²) in [5, 5.41) is 26.7. The number of benzene rings is 1. The third kappa shape index (κ3) is 2.86. The van der Waals surface area contributed by atoms with Gasteiger partial charge in [0, 0.05) is 30.8 Å². The minimum absolute atomic E-state index is 0.152. The van der Waals surface area contributed by atoms with Gasteiger partial charge in [-0.1, -0.05) is 0 Å². The molecule has 1 aromatic rings. The molecule has 1 aromatic carbocycles. The Kier molecular flexibility index (Phi) is 4.28. The standard InChI is InChI=1S/C6H4N2O4.CHN/c9-7(10)5-1-2-6(4-3-5)8(11)12;1-2/h1-4H;1H. The van der Waals surface area contributed by atoms with Crippen LogP contribution in [0.4, 0.5) is 11.4 Å². The molecule has 0 heterocycles. The molecular weight excluding hydrogens is 190 g/mol. The SMILES string of the molecule is C#N.O=[N+]([O-])c1ccc([N+](=O)[O-])cc1. The van der Waals surface area contributed by atoms with Crippen LogP contribution in [0.5, 0.6) is 0 Å². The van der Waals surface area contributed by atoms with E-state index in [1.165, 1.54) is 0 Å². The highest BCUT2D eigenvalue weighted by Crippen LogP contribution is 2.16. The topological polar surface area (TPSA) is 110 Å². The van der Waals surface area contributed by atoms with E-state index in [-0.39, 0.29) is 11.4 Å². The lowest BCUT2D eigenvalue weighted by Crippen LogP contribution is -1.90. The van der Waals surface area contributed by atoms with Crippen molar-refractivity contribution in [2.75, 3.05) is 0 Å². The van der Waals surface area contributed by atoms with Crippen molar-refractivity contribution >= 4 is 11.4 Å². The molecule has 0 aliphatic carbocycles. The minimum atomic E-state index is -0.607. The average Bonchev–Trinajstić information content (AvgIpc) is 2.21. The molecule has 0 aliphatic heterocycles. The fourth-order valence-electron chi connectivity index (χ4n) is 0.696. The fraction of sp³-hybridized carbons (Fsp3) is 0. The third-order valence-corrected chi connectivity index (χ3v) is 1.27. The van der Waals surface area contributed by atoms with E-state index in [1.807, 2.05) is 0 Å². The van der Waals surface area contributed by atoms with Crippen molar-refractivity contribution in [1.82, 2.24) is 0 Å². The maximum absolute atomic E-state index is 10.1. The van der Waals surface area contributed by atoms with Crippen molar-refractivity contribution < 1.29 is 9.85 Å². The predicted molar refractivity (Wildman–Crippen MR) is 46.4 cm³/mol. The van der Waals surface area contributed by atoms with Crippen LogP contribution in [0, 0.1) is 32.1 Å². The van der Waals surface area contributed by atoms with Crippen LogP contribution in [-0.2, 0) is 0 Å². The van der Waals surface area contributed by atoms with Crippen LogP contribution in [0.1, 0.15) is 0 Å². The molecule has 0 aromatic heterocycles. The highest BCUT2D eigenvalue weighted by Gasteiger charge is 2.08. The van der Waals surface area contributed by atoms with E-state index in [0.29, 0.717) is 0 Å². The molecule has 7 heteroatoms. The third-order valence-electron chi connectivity index (χ3n) is 1.27. The number of hydrogen-bond acceptors (Lipinski definition) is 5. The highest BCUT2D eigenvalue weighted by atomic mass is 16.6. The lowest BCUT2D eigenvalue weighted by molar-refractivity contribution is -0.389. The molecule has 0 N–H and O–H groups in total. The maximum Gasteiger partial charge on any atom is 0.269 e. The number of nitrogens with zero attached hydrogens (tertiary/aromatic N) is 3. The summed E-state index contributed by atoms with van der Waals surface area (Å²) >= 11 is 0. The molecule has 0 amide bonds. The van der Waals surface area contributed by atoms with Gasteiger partial charge in [0.15, 0.2) is 0 Å². The van der Waals surface area contributed by atoms with Gasteiger partial charge in [-0.2, -0.15) is 0 Å². The second-order valence-electron chi connectivity index (χ2n) is 2.03. The molecule has 0 unspecified atom stereocenters. The zero-order valence-electron chi connectivity index (χ0n) is 6.86. The van der Waals surface area contributed by atoms with Crippen LogP contribution >= 0.6 is 0 Å². The van der Waals surface area contributed by atoms with Crippen LogP contribution in [0.15, 0.2) is 24.3 Å². The second kappa shape index (κ2) is 5.21. The molecule has 0 saturated carbocycles. The monoisotopic (exact) mass is 195 g/mol. The number of rotatable bonds is 2. The lowest BCUT2D eigenvalue weighted by Gasteiger charge is -1.90. The highest BCUT2D eigenvalue weighted by molar-refractivity contribution is 5.39. The molecule has 0 saturated heterocycles. The van der Waals surface area contributed by atoms with E-state index in [1.54, 1.807) is 0 Å². The fourth-order valence-corrected chi connectivity index (χ4v) is 0.696. The van der Waals surface area contributed by atoms with Gasteiger partial charge in [0.25, 0.3) is 11.4 Å². The Labute approximate surface area is 78.5 Å². The summed E-state index contributed by atoms with van der Waals surface area (Å²) in [5.74, 6) is 0. The Hall–Kier alpha value is -2.49. The molecule has 0 spiro atoms. The Morgan fingerprint density at radius 2 is 1.14 bits per heavy atom. The summed E-state index contributed by atoms with van der Waals surface area (Å²) in [7, 11) is 0. The van der Waals surface area contributed by atoms with Crippen molar-refractivity contribution in [1.29, 1.82) is 5.26 Å². The zero-order valence-corrected chi connectivity index (χ0v) is 6.86. The second-order valence-corrected chi connectivity index (χ2v) is 2.03. The van der Waals surface area contributed by atoms with Gasteiger partial charge < -0.3 is 0 Å². The first kappa shape index (κ1) is 11.5. The Bertz CT molecular complexity index is 324. The molecule has 0 aliphatic rings. The van der Waals surface area contributed by atoms with Crippen molar-refractivity contribution in [3.8, 4) is 6.57 Å². The number of nitriles is 1. The normalized spacial score (nSPS) is 8.14. The summed E-state index contributed by atoms with van der Waals surface area (Å²) in [5.41, 5.74) is -0.304. The van der Waals surface area contributed by atoms with Gasteiger partial charge in [-0.05, 0) is 0 Å². The van der Waals surface area contributed by atoms with Crippen LogP contribution in [-0.4, -0.2) is 9.85 Å². The summed E-state index contributed by atoms with van der Waals surface area (Å²) in [6.45, 7) is 3.50. The van der Waals surface area contributed by atoms with Gasteiger partial charge >= 0.3 is 0 Å². The first-order valence-corrected chi connectivity index (χ1v) is 3.26.